The third-order valence-corrected chi connectivity index (χ3v) is 6.81. The predicted molar refractivity (Wildman–Crippen MR) is 114 cm³/mol. The van der Waals surface area contributed by atoms with Gasteiger partial charge in [-0.2, -0.15) is 0 Å². The van der Waals surface area contributed by atoms with E-state index in [4.69, 9.17) is 4.74 Å². The van der Waals surface area contributed by atoms with Crippen molar-refractivity contribution in [2.24, 2.45) is 0 Å². The highest BCUT2D eigenvalue weighted by Crippen LogP contribution is 2.35. The summed E-state index contributed by atoms with van der Waals surface area (Å²) < 4.78 is 5.18. The van der Waals surface area contributed by atoms with Crippen molar-refractivity contribution in [3.63, 3.8) is 0 Å². The number of amides is 2. The van der Waals surface area contributed by atoms with E-state index in [0.717, 1.165) is 42.7 Å². The molecule has 1 fully saturated rings. The van der Waals surface area contributed by atoms with Crippen LogP contribution in [0.1, 0.15) is 60.3 Å². The Morgan fingerprint density at radius 1 is 1.41 bits per heavy atom. The van der Waals surface area contributed by atoms with Crippen LogP contribution in [0.5, 0.6) is 0 Å². The van der Waals surface area contributed by atoms with Crippen molar-refractivity contribution >= 4 is 36.9 Å². The molecule has 0 radical (unpaired) electrons. The number of carbonyl (C=O) groups excluding carboxylic acids is 2. The number of nitrogens with zero attached hydrogens (tertiary/aromatic N) is 1. The topological polar surface area (TPSA) is 78.9 Å². The fraction of sp³-hybridized carbons (Fsp3) is 0.789. The van der Waals surface area contributed by atoms with Crippen molar-refractivity contribution < 1.29 is 19.4 Å². The van der Waals surface area contributed by atoms with Gasteiger partial charge in [-0.25, -0.2) is 4.79 Å². The molecule has 1 aliphatic rings. The fourth-order valence-electron chi connectivity index (χ4n) is 2.90. The van der Waals surface area contributed by atoms with E-state index in [1.807, 2.05) is 13.8 Å². The van der Waals surface area contributed by atoms with E-state index >= 15 is 0 Å². The highest BCUT2D eigenvalue weighted by molar-refractivity contribution is 8.01. The van der Waals surface area contributed by atoms with Gasteiger partial charge in [0, 0.05) is 34.2 Å². The van der Waals surface area contributed by atoms with Gasteiger partial charge in [0.25, 0.3) is 0 Å². The largest absolute Gasteiger partial charge is 0.444 e. The summed E-state index contributed by atoms with van der Waals surface area (Å²) in [7, 11) is 0. The summed E-state index contributed by atoms with van der Waals surface area (Å²) in [5.41, 5.74) is 0.198. The lowest BCUT2D eigenvalue weighted by Gasteiger charge is -2.30. The Hall–Kier alpha value is -0.860. The van der Waals surface area contributed by atoms with E-state index in [2.05, 4.69) is 17.9 Å². The molecule has 2 amide bonds. The summed E-state index contributed by atoms with van der Waals surface area (Å²) >= 11 is 6.34. The van der Waals surface area contributed by atoms with Crippen LogP contribution in [0.3, 0.4) is 0 Å². The summed E-state index contributed by atoms with van der Waals surface area (Å²) in [5, 5.41) is 13.1. The second-order valence-electron chi connectivity index (χ2n) is 7.87. The Labute approximate surface area is 172 Å². The summed E-state index contributed by atoms with van der Waals surface area (Å²) in [6, 6.07) is 0. The molecule has 0 aromatic rings. The molecule has 3 atom stereocenters. The highest BCUT2D eigenvalue weighted by atomic mass is 32.2. The molecule has 6 nitrogen and oxygen atoms in total. The van der Waals surface area contributed by atoms with Crippen LogP contribution in [0.25, 0.3) is 0 Å². The Morgan fingerprint density at radius 2 is 2.04 bits per heavy atom. The van der Waals surface area contributed by atoms with Crippen molar-refractivity contribution in [1.29, 1.82) is 0 Å². The van der Waals surface area contributed by atoms with E-state index in [9.17, 15) is 14.7 Å². The maximum absolute atomic E-state index is 11.7. The third kappa shape index (κ3) is 8.79. The van der Waals surface area contributed by atoms with Gasteiger partial charge in [-0.05, 0) is 47.5 Å². The normalized spacial score (nSPS) is 22.5. The minimum atomic E-state index is -0.557. The molecular formula is C19H34N2O4S2. The molecule has 156 valence electrons. The Bertz CT molecular complexity index is 534. The first-order valence-corrected chi connectivity index (χ1v) is 10.9. The molecule has 2 N–H and O–H groups in total. The maximum atomic E-state index is 11.7. The van der Waals surface area contributed by atoms with Crippen molar-refractivity contribution in [1.82, 2.24) is 10.2 Å². The molecule has 0 bridgehead atoms. The van der Waals surface area contributed by atoms with Crippen LogP contribution in [0.15, 0.2) is 10.6 Å². The van der Waals surface area contributed by atoms with Gasteiger partial charge in [0.05, 0.1) is 6.10 Å². The lowest BCUT2D eigenvalue weighted by atomic mass is 9.97. The molecular weight excluding hydrogens is 384 g/mol. The molecule has 27 heavy (non-hydrogen) atoms. The number of hydrogen-bond acceptors (Lipinski definition) is 6. The zero-order chi connectivity index (χ0) is 20.6. The zero-order valence-corrected chi connectivity index (χ0v) is 18.7. The molecule has 1 aliphatic carbocycles. The molecule has 1 rings (SSSR count). The van der Waals surface area contributed by atoms with Gasteiger partial charge in [0.1, 0.15) is 5.60 Å². The minimum Gasteiger partial charge on any atom is -0.444 e. The van der Waals surface area contributed by atoms with Gasteiger partial charge in [0.2, 0.25) is 6.41 Å². The first kappa shape index (κ1) is 24.2. The summed E-state index contributed by atoms with van der Waals surface area (Å²) in [6.07, 6.45) is 4.06. The van der Waals surface area contributed by atoms with Crippen molar-refractivity contribution in [2.45, 2.75) is 82.5 Å². The van der Waals surface area contributed by atoms with E-state index in [0.29, 0.717) is 6.54 Å². The van der Waals surface area contributed by atoms with E-state index in [1.54, 1.807) is 32.5 Å². The van der Waals surface area contributed by atoms with Crippen LogP contribution < -0.4 is 5.32 Å². The van der Waals surface area contributed by atoms with Gasteiger partial charge in [0.15, 0.2) is 0 Å². The molecule has 0 saturated heterocycles. The number of allylic oxidation sites excluding steroid dienone is 1. The smallest absolute Gasteiger partial charge is 0.407 e. The van der Waals surface area contributed by atoms with Gasteiger partial charge in [-0.3, -0.25) is 4.79 Å². The SMILES string of the molecule is C/C(=C(/S)C(C)SC1CCCCC1O)N(C=O)CCNC(=O)OC(C)(C)C. The standard InChI is InChI=1S/C19H34N2O4S2/c1-13(17(26)14(2)27-16-9-7-6-8-15(16)23)21(12-22)11-10-20-18(24)25-19(3,4)5/h12,14-16,23,26H,6-11H2,1-5H3,(H,20,24)/b17-13-. The van der Waals surface area contributed by atoms with Crippen LogP contribution in [-0.2, 0) is 9.53 Å². The number of carbonyl (C=O) groups is 2. The number of hydrogen-bond donors (Lipinski definition) is 3. The second-order valence-corrected chi connectivity index (χ2v) is 9.93. The third-order valence-electron chi connectivity index (χ3n) is 4.38. The number of aliphatic hydroxyl groups is 1. The molecule has 0 aromatic heterocycles. The summed E-state index contributed by atoms with van der Waals surface area (Å²) in [5.74, 6) is 0. The van der Waals surface area contributed by atoms with Crippen molar-refractivity contribution in [3.05, 3.63) is 10.6 Å². The lowest BCUT2D eigenvalue weighted by molar-refractivity contribution is -0.116. The Balaban J connectivity index is 2.58. The predicted octanol–water partition coefficient (Wildman–Crippen LogP) is 3.56. The van der Waals surface area contributed by atoms with Crippen molar-refractivity contribution in [3.8, 4) is 0 Å². The molecule has 0 heterocycles. The zero-order valence-electron chi connectivity index (χ0n) is 17.0. The Kier molecular flexibility index (Phi) is 10.0. The van der Waals surface area contributed by atoms with Crippen LogP contribution in [0, 0.1) is 0 Å². The van der Waals surface area contributed by atoms with Gasteiger partial charge >= 0.3 is 6.09 Å². The summed E-state index contributed by atoms with van der Waals surface area (Å²) in [6.45, 7) is 9.90. The van der Waals surface area contributed by atoms with Crippen molar-refractivity contribution in [2.75, 3.05) is 13.1 Å². The minimum absolute atomic E-state index is 0.0762. The molecule has 8 heteroatoms. The number of rotatable bonds is 8. The van der Waals surface area contributed by atoms with Crippen LogP contribution in [-0.4, -0.2) is 57.8 Å². The van der Waals surface area contributed by atoms with Gasteiger partial charge in [-0.1, -0.05) is 12.8 Å². The number of aliphatic hydroxyl groups excluding tert-OH is 1. The van der Waals surface area contributed by atoms with Gasteiger partial charge < -0.3 is 20.1 Å². The average Bonchev–Trinajstić information content (AvgIpc) is 2.58. The Morgan fingerprint density at radius 3 is 2.59 bits per heavy atom. The number of ether oxygens (including phenoxy) is 1. The van der Waals surface area contributed by atoms with E-state index in [-0.39, 0.29) is 23.1 Å². The average molecular weight is 419 g/mol. The van der Waals surface area contributed by atoms with Gasteiger partial charge in [-0.15, -0.1) is 24.4 Å². The molecule has 3 unspecified atom stereocenters. The molecule has 0 aliphatic heterocycles. The monoisotopic (exact) mass is 418 g/mol. The quantitative estimate of drug-likeness (QED) is 0.415. The number of thiol groups is 1. The highest BCUT2D eigenvalue weighted by Gasteiger charge is 2.26. The fourth-order valence-corrected chi connectivity index (χ4v) is 4.65. The number of alkyl carbamates (subject to hydrolysis) is 1. The van der Waals surface area contributed by atoms with Crippen LogP contribution in [0.4, 0.5) is 4.79 Å². The lowest BCUT2D eigenvalue weighted by Crippen LogP contribution is -2.37. The van der Waals surface area contributed by atoms with E-state index in [1.165, 1.54) is 4.90 Å². The molecule has 1 saturated carbocycles. The van der Waals surface area contributed by atoms with E-state index < -0.39 is 11.7 Å². The second kappa shape index (κ2) is 11.2. The first-order valence-electron chi connectivity index (χ1n) is 9.47. The molecule has 0 spiro atoms. The maximum Gasteiger partial charge on any atom is 0.407 e. The number of nitrogens with one attached hydrogen (secondary N) is 1. The van der Waals surface area contributed by atoms with Crippen LogP contribution >= 0.6 is 24.4 Å². The number of thioether (sulfide) groups is 1. The molecule has 0 aromatic carbocycles. The summed E-state index contributed by atoms with van der Waals surface area (Å²) in [4.78, 5) is 25.5. The first-order chi connectivity index (χ1) is 12.5. The van der Waals surface area contributed by atoms with Crippen LogP contribution in [0.2, 0.25) is 0 Å².